The highest BCUT2D eigenvalue weighted by molar-refractivity contribution is 6.17. The van der Waals surface area contributed by atoms with Gasteiger partial charge in [-0.2, -0.15) is 5.26 Å². The van der Waals surface area contributed by atoms with Crippen LogP contribution in [0.4, 0.5) is 0 Å². The van der Waals surface area contributed by atoms with Crippen LogP contribution in [-0.2, 0) is 14.3 Å². The van der Waals surface area contributed by atoms with E-state index in [1.165, 1.54) is 20.1 Å². The van der Waals surface area contributed by atoms with E-state index in [1.807, 2.05) is 13.0 Å². The largest absolute Gasteiger partial charge is 0.500 e. The number of ketones is 1. The van der Waals surface area contributed by atoms with Crippen molar-refractivity contribution in [3.8, 4) is 6.07 Å². The summed E-state index contributed by atoms with van der Waals surface area (Å²) in [5.74, 6) is -0.634. The molecule has 1 atom stereocenters. The second-order valence-electron chi connectivity index (χ2n) is 4.58. The summed E-state index contributed by atoms with van der Waals surface area (Å²) in [7, 11) is 1.48. The molecule has 0 saturated carbocycles. The van der Waals surface area contributed by atoms with Crippen LogP contribution >= 0.6 is 0 Å². The van der Waals surface area contributed by atoms with Gasteiger partial charge in [-0.25, -0.2) is 0 Å². The fraction of sp³-hybridized carbons (Fsp3) is 0.357. The Kier molecular flexibility index (Phi) is 4.28. The second kappa shape index (κ2) is 5.53. The van der Waals surface area contributed by atoms with Crippen LogP contribution in [0.3, 0.4) is 0 Å². The number of rotatable bonds is 4. The maximum atomic E-state index is 11.4. The minimum absolute atomic E-state index is 0.0562. The number of nitriles is 1. The number of carbonyl (C=O) groups excluding carboxylic acids is 2. The van der Waals surface area contributed by atoms with Crippen LogP contribution in [0.15, 0.2) is 35.1 Å². The Morgan fingerprint density at radius 3 is 2.63 bits per heavy atom. The number of nitrogens with zero attached hydrogens (tertiary/aromatic N) is 1. The molecule has 1 aliphatic rings. The number of hydrogen-bond acceptors (Lipinski definition) is 4. The minimum atomic E-state index is -0.765. The van der Waals surface area contributed by atoms with E-state index >= 15 is 0 Å². The lowest BCUT2D eigenvalue weighted by molar-refractivity contribution is -0.119. The highest BCUT2D eigenvalue weighted by atomic mass is 16.5. The number of primary amides is 1. The quantitative estimate of drug-likeness (QED) is 0.469. The maximum Gasteiger partial charge on any atom is 0.252 e. The summed E-state index contributed by atoms with van der Waals surface area (Å²) in [6.07, 6.45) is 5.30. The molecule has 0 radical (unpaired) electrons. The topological polar surface area (TPSA) is 93.2 Å². The second-order valence-corrected chi connectivity index (χ2v) is 4.58. The number of methoxy groups -OCH3 is 1. The Labute approximate surface area is 112 Å². The molecule has 0 aliphatic heterocycles. The maximum absolute atomic E-state index is 11.4. The zero-order chi connectivity index (χ0) is 14.6. The Morgan fingerprint density at radius 1 is 1.58 bits per heavy atom. The molecule has 1 unspecified atom stereocenters. The first kappa shape index (κ1) is 14.7. The SMILES string of the molecule is COC1=CC(C#N)=CCC1(C)/C=C(\C(C)=O)C(N)=O. The third-order valence-corrected chi connectivity index (χ3v) is 3.05. The van der Waals surface area contributed by atoms with E-state index in [0.717, 1.165) is 0 Å². The van der Waals surface area contributed by atoms with Crippen LogP contribution in [0.5, 0.6) is 0 Å². The number of carbonyl (C=O) groups is 2. The van der Waals surface area contributed by atoms with Gasteiger partial charge in [0.2, 0.25) is 0 Å². The smallest absolute Gasteiger partial charge is 0.252 e. The van der Waals surface area contributed by atoms with Crippen LogP contribution in [-0.4, -0.2) is 18.8 Å². The van der Waals surface area contributed by atoms with Gasteiger partial charge in [0.05, 0.1) is 24.3 Å². The number of amides is 1. The standard InChI is InChI=1S/C14H16N2O3/c1-9(17)11(13(16)18)7-14(2)5-4-10(8-15)6-12(14)19-3/h4,6-7H,5H2,1-3H3,(H2,16,18)/b11-7+. The van der Waals surface area contributed by atoms with Crippen molar-refractivity contribution in [3.05, 3.63) is 35.1 Å². The first-order valence-electron chi connectivity index (χ1n) is 5.74. The molecule has 0 aromatic heterocycles. The summed E-state index contributed by atoms with van der Waals surface area (Å²) >= 11 is 0. The average Bonchev–Trinajstić information content (AvgIpc) is 2.36. The molecular formula is C14H16N2O3. The monoisotopic (exact) mass is 260 g/mol. The van der Waals surface area contributed by atoms with Gasteiger partial charge in [0.15, 0.2) is 5.78 Å². The van der Waals surface area contributed by atoms with Gasteiger partial charge in [0.1, 0.15) is 5.76 Å². The third kappa shape index (κ3) is 3.10. The predicted molar refractivity (Wildman–Crippen MR) is 69.5 cm³/mol. The molecule has 0 heterocycles. The minimum Gasteiger partial charge on any atom is -0.500 e. The average molecular weight is 260 g/mol. The molecule has 0 saturated heterocycles. The molecule has 0 aromatic carbocycles. The lowest BCUT2D eigenvalue weighted by Gasteiger charge is -2.30. The third-order valence-electron chi connectivity index (χ3n) is 3.05. The van der Waals surface area contributed by atoms with Gasteiger partial charge in [-0.3, -0.25) is 9.59 Å². The first-order valence-corrected chi connectivity index (χ1v) is 5.74. The van der Waals surface area contributed by atoms with Crippen molar-refractivity contribution in [2.24, 2.45) is 11.1 Å². The van der Waals surface area contributed by atoms with Gasteiger partial charge in [-0.1, -0.05) is 12.2 Å². The Hall–Kier alpha value is -2.35. The van der Waals surface area contributed by atoms with Crippen molar-refractivity contribution in [2.75, 3.05) is 7.11 Å². The molecule has 0 aromatic rings. The molecule has 0 bridgehead atoms. The van der Waals surface area contributed by atoms with Gasteiger partial charge in [0, 0.05) is 5.41 Å². The molecule has 1 amide bonds. The molecule has 5 nitrogen and oxygen atoms in total. The van der Waals surface area contributed by atoms with Gasteiger partial charge in [0.25, 0.3) is 5.91 Å². The van der Waals surface area contributed by atoms with Crippen LogP contribution in [0.2, 0.25) is 0 Å². The lowest BCUT2D eigenvalue weighted by Crippen LogP contribution is -2.26. The molecule has 1 aliphatic carbocycles. The fourth-order valence-corrected chi connectivity index (χ4v) is 1.95. The highest BCUT2D eigenvalue weighted by Crippen LogP contribution is 2.38. The molecule has 19 heavy (non-hydrogen) atoms. The van der Waals surface area contributed by atoms with Crippen LogP contribution in [0, 0.1) is 16.7 Å². The zero-order valence-corrected chi connectivity index (χ0v) is 11.2. The summed E-state index contributed by atoms with van der Waals surface area (Å²) in [6.45, 7) is 3.11. The van der Waals surface area contributed by atoms with Crippen LogP contribution in [0.1, 0.15) is 20.3 Å². The number of Topliss-reactive ketones (excluding diaryl/α,β-unsaturated/α-hetero) is 1. The van der Waals surface area contributed by atoms with Gasteiger partial charge < -0.3 is 10.5 Å². The van der Waals surface area contributed by atoms with E-state index < -0.39 is 11.3 Å². The Morgan fingerprint density at radius 2 is 2.21 bits per heavy atom. The Balaban J connectivity index is 3.26. The molecule has 5 heteroatoms. The summed E-state index contributed by atoms with van der Waals surface area (Å²) in [4.78, 5) is 22.7. The normalized spacial score (nSPS) is 22.9. The Bertz CT molecular complexity index is 534. The van der Waals surface area contributed by atoms with E-state index in [1.54, 1.807) is 12.2 Å². The number of hydrogen-bond donors (Lipinski definition) is 1. The predicted octanol–water partition coefficient (Wildman–Crippen LogP) is 1.38. The van der Waals surface area contributed by atoms with Crippen LogP contribution in [0.25, 0.3) is 0 Å². The molecule has 0 fully saturated rings. The number of allylic oxidation sites excluding steroid dienone is 4. The number of nitrogens with two attached hydrogens (primary N) is 1. The van der Waals surface area contributed by atoms with E-state index in [2.05, 4.69) is 0 Å². The van der Waals surface area contributed by atoms with Crippen molar-refractivity contribution in [1.82, 2.24) is 0 Å². The molecule has 2 N–H and O–H groups in total. The van der Waals surface area contributed by atoms with E-state index in [-0.39, 0.29) is 11.4 Å². The lowest BCUT2D eigenvalue weighted by atomic mass is 9.78. The van der Waals surface area contributed by atoms with Crippen LogP contribution < -0.4 is 5.73 Å². The van der Waals surface area contributed by atoms with Crippen molar-refractivity contribution in [1.29, 1.82) is 5.26 Å². The number of ether oxygens (including phenoxy) is 1. The van der Waals surface area contributed by atoms with E-state index in [4.69, 9.17) is 15.7 Å². The summed E-state index contributed by atoms with van der Waals surface area (Å²) in [5, 5.41) is 8.87. The van der Waals surface area contributed by atoms with Gasteiger partial charge >= 0.3 is 0 Å². The highest BCUT2D eigenvalue weighted by Gasteiger charge is 2.32. The summed E-state index contributed by atoms with van der Waals surface area (Å²) in [6, 6.07) is 2.03. The van der Waals surface area contributed by atoms with Gasteiger partial charge in [-0.15, -0.1) is 0 Å². The van der Waals surface area contributed by atoms with E-state index in [0.29, 0.717) is 17.8 Å². The zero-order valence-electron chi connectivity index (χ0n) is 11.2. The first-order chi connectivity index (χ1) is 8.84. The summed E-state index contributed by atoms with van der Waals surface area (Å²) < 4.78 is 5.26. The van der Waals surface area contributed by atoms with Crippen molar-refractivity contribution < 1.29 is 14.3 Å². The van der Waals surface area contributed by atoms with Crippen molar-refractivity contribution in [3.63, 3.8) is 0 Å². The molecular weight excluding hydrogens is 244 g/mol. The summed E-state index contributed by atoms with van der Waals surface area (Å²) in [5.41, 5.74) is 4.97. The van der Waals surface area contributed by atoms with Crippen molar-refractivity contribution >= 4 is 11.7 Å². The molecule has 100 valence electrons. The fourth-order valence-electron chi connectivity index (χ4n) is 1.95. The molecule has 0 spiro atoms. The van der Waals surface area contributed by atoms with Gasteiger partial charge in [-0.05, 0) is 26.3 Å². The van der Waals surface area contributed by atoms with Crippen molar-refractivity contribution in [2.45, 2.75) is 20.3 Å². The molecule has 1 rings (SSSR count). The van der Waals surface area contributed by atoms with E-state index in [9.17, 15) is 9.59 Å².